The van der Waals surface area contributed by atoms with Crippen molar-refractivity contribution < 1.29 is 13.9 Å². The average molecular weight is 266 g/mol. The van der Waals surface area contributed by atoms with Gasteiger partial charge in [0.05, 0.1) is 11.4 Å². The molecule has 104 valence electrons. The van der Waals surface area contributed by atoms with Crippen LogP contribution in [0.4, 0.5) is 20.6 Å². The number of ether oxygens (including phenoxy) is 1. The van der Waals surface area contributed by atoms with E-state index >= 15 is 0 Å². The van der Waals surface area contributed by atoms with E-state index in [0.717, 1.165) is 18.4 Å². The summed E-state index contributed by atoms with van der Waals surface area (Å²) in [7, 11) is 0. The molecule has 4 nitrogen and oxygen atoms in total. The van der Waals surface area contributed by atoms with E-state index < -0.39 is 17.5 Å². The number of carbonyl (C=O) groups excluding carboxylic acids is 1. The van der Waals surface area contributed by atoms with Crippen LogP contribution in [0.3, 0.4) is 0 Å². The fourth-order valence-corrected chi connectivity index (χ4v) is 2.13. The Hall–Kier alpha value is -1.78. The van der Waals surface area contributed by atoms with Crippen molar-refractivity contribution in [1.82, 2.24) is 0 Å². The highest BCUT2D eigenvalue weighted by molar-refractivity contribution is 5.90. The molecule has 2 N–H and O–H groups in total. The quantitative estimate of drug-likeness (QED) is 0.734. The van der Waals surface area contributed by atoms with Gasteiger partial charge in [-0.2, -0.15) is 0 Å². The van der Waals surface area contributed by atoms with Gasteiger partial charge in [0.25, 0.3) is 0 Å². The minimum atomic E-state index is -0.555. The van der Waals surface area contributed by atoms with Crippen LogP contribution in [0.5, 0.6) is 0 Å². The molecule has 0 bridgehead atoms. The van der Waals surface area contributed by atoms with Crippen molar-refractivity contribution in [2.45, 2.75) is 39.2 Å². The normalized spacial score (nSPS) is 15.1. The average Bonchev–Trinajstić information content (AvgIpc) is 2.27. The van der Waals surface area contributed by atoms with Gasteiger partial charge in [0.1, 0.15) is 11.4 Å². The van der Waals surface area contributed by atoms with Gasteiger partial charge in [-0.3, -0.25) is 4.90 Å². The van der Waals surface area contributed by atoms with Gasteiger partial charge in [-0.15, -0.1) is 0 Å². The van der Waals surface area contributed by atoms with Crippen LogP contribution in [0.2, 0.25) is 0 Å². The van der Waals surface area contributed by atoms with Gasteiger partial charge in [-0.1, -0.05) is 0 Å². The molecule has 0 unspecified atom stereocenters. The predicted molar refractivity (Wildman–Crippen MR) is 72.7 cm³/mol. The first-order valence-electron chi connectivity index (χ1n) is 6.36. The summed E-state index contributed by atoms with van der Waals surface area (Å²) in [5, 5.41) is 0. The first kappa shape index (κ1) is 13.6. The smallest absolute Gasteiger partial charge is 0.414 e. The summed E-state index contributed by atoms with van der Waals surface area (Å²) in [6.45, 7) is 6.01. The van der Waals surface area contributed by atoms with Crippen molar-refractivity contribution in [3.63, 3.8) is 0 Å². The van der Waals surface area contributed by atoms with E-state index in [1.807, 2.05) is 20.8 Å². The van der Waals surface area contributed by atoms with Gasteiger partial charge in [0.2, 0.25) is 0 Å². The van der Waals surface area contributed by atoms with Crippen LogP contribution in [0.15, 0.2) is 12.1 Å². The number of carbonyl (C=O) groups is 1. The number of fused-ring (bicyclic) bond motifs is 1. The SMILES string of the molecule is CC(C)(C)OC(=O)N1CCCc2cc(F)c(N)cc21. The summed E-state index contributed by atoms with van der Waals surface area (Å²) in [6.07, 6.45) is 1.11. The fourth-order valence-electron chi connectivity index (χ4n) is 2.13. The maximum absolute atomic E-state index is 13.4. The molecule has 19 heavy (non-hydrogen) atoms. The van der Waals surface area contributed by atoms with Gasteiger partial charge in [0, 0.05) is 6.54 Å². The van der Waals surface area contributed by atoms with Gasteiger partial charge in [0.15, 0.2) is 0 Å². The van der Waals surface area contributed by atoms with Crippen LogP contribution in [-0.4, -0.2) is 18.2 Å². The Morgan fingerprint density at radius 2 is 2.11 bits per heavy atom. The second-order valence-corrected chi connectivity index (χ2v) is 5.74. The molecule has 1 aliphatic heterocycles. The number of benzene rings is 1. The van der Waals surface area contributed by atoms with E-state index in [1.165, 1.54) is 17.0 Å². The molecule has 0 atom stereocenters. The molecule has 0 saturated heterocycles. The van der Waals surface area contributed by atoms with Gasteiger partial charge in [-0.25, -0.2) is 9.18 Å². The summed E-state index contributed by atoms with van der Waals surface area (Å²) >= 11 is 0. The zero-order chi connectivity index (χ0) is 14.2. The van der Waals surface area contributed by atoms with Crippen molar-refractivity contribution >= 4 is 17.5 Å². The minimum absolute atomic E-state index is 0.0502. The van der Waals surface area contributed by atoms with Crippen LogP contribution < -0.4 is 10.6 Å². The van der Waals surface area contributed by atoms with Crippen molar-refractivity contribution in [2.24, 2.45) is 0 Å². The molecule has 0 saturated carbocycles. The number of aryl methyl sites for hydroxylation is 1. The van der Waals surface area contributed by atoms with Crippen molar-refractivity contribution in [3.05, 3.63) is 23.5 Å². The zero-order valence-corrected chi connectivity index (χ0v) is 11.5. The first-order chi connectivity index (χ1) is 8.78. The van der Waals surface area contributed by atoms with E-state index in [-0.39, 0.29) is 5.69 Å². The Bertz CT molecular complexity index is 509. The highest BCUT2D eigenvalue weighted by Gasteiger charge is 2.28. The molecule has 1 aromatic carbocycles. The summed E-state index contributed by atoms with van der Waals surface area (Å²) in [5.74, 6) is -0.440. The lowest BCUT2D eigenvalue weighted by Crippen LogP contribution is -2.39. The number of hydrogen-bond acceptors (Lipinski definition) is 3. The highest BCUT2D eigenvalue weighted by Crippen LogP contribution is 2.31. The molecule has 0 radical (unpaired) electrons. The maximum Gasteiger partial charge on any atom is 0.414 e. The number of nitrogens with two attached hydrogens (primary N) is 1. The van der Waals surface area contributed by atoms with Gasteiger partial charge >= 0.3 is 6.09 Å². The molecule has 1 heterocycles. The topological polar surface area (TPSA) is 55.6 Å². The van der Waals surface area contributed by atoms with Crippen LogP contribution in [0.25, 0.3) is 0 Å². The lowest BCUT2D eigenvalue weighted by molar-refractivity contribution is 0.0578. The van der Waals surface area contributed by atoms with Crippen LogP contribution in [0.1, 0.15) is 32.8 Å². The van der Waals surface area contributed by atoms with E-state index in [2.05, 4.69) is 0 Å². The maximum atomic E-state index is 13.4. The molecule has 0 fully saturated rings. The number of anilines is 2. The molecular weight excluding hydrogens is 247 g/mol. The Morgan fingerprint density at radius 1 is 1.42 bits per heavy atom. The molecule has 0 aliphatic carbocycles. The first-order valence-corrected chi connectivity index (χ1v) is 6.36. The van der Waals surface area contributed by atoms with Crippen molar-refractivity contribution in [1.29, 1.82) is 0 Å². The molecule has 5 heteroatoms. The van der Waals surface area contributed by atoms with Gasteiger partial charge < -0.3 is 10.5 Å². The number of nitrogen functional groups attached to an aromatic ring is 1. The molecule has 0 aromatic heterocycles. The molecule has 1 aromatic rings. The lowest BCUT2D eigenvalue weighted by Gasteiger charge is -2.31. The number of halogens is 1. The van der Waals surface area contributed by atoms with Crippen molar-refractivity contribution in [3.8, 4) is 0 Å². The molecule has 1 amide bonds. The fraction of sp³-hybridized carbons (Fsp3) is 0.500. The Kier molecular flexibility index (Phi) is 3.39. The molecule has 0 spiro atoms. The second-order valence-electron chi connectivity index (χ2n) is 5.74. The largest absolute Gasteiger partial charge is 0.443 e. The number of hydrogen-bond donors (Lipinski definition) is 1. The third kappa shape index (κ3) is 2.97. The third-order valence-corrected chi connectivity index (χ3v) is 2.93. The summed E-state index contributed by atoms with van der Waals surface area (Å²) < 4.78 is 18.8. The standard InChI is InChI=1S/C14H19FN2O2/c1-14(2,3)19-13(18)17-6-4-5-9-7-10(15)11(16)8-12(9)17/h7-8H,4-6,16H2,1-3H3. The highest BCUT2D eigenvalue weighted by atomic mass is 19.1. The summed E-state index contributed by atoms with van der Waals surface area (Å²) in [5.41, 5.74) is 6.52. The van der Waals surface area contributed by atoms with E-state index in [1.54, 1.807) is 0 Å². The van der Waals surface area contributed by atoms with Crippen LogP contribution >= 0.6 is 0 Å². The summed E-state index contributed by atoms with van der Waals surface area (Å²) in [6, 6.07) is 2.91. The second kappa shape index (κ2) is 4.72. The molecular formula is C14H19FN2O2. The van der Waals surface area contributed by atoms with Crippen molar-refractivity contribution in [2.75, 3.05) is 17.2 Å². The predicted octanol–water partition coefficient (Wildman–Crippen LogP) is 3.10. The van der Waals surface area contributed by atoms with E-state index in [9.17, 15) is 9.18 Å². The minimum Gasteiger partial charge on any atom is -0.443 e. The third-order valence-electron chi connectivity index (χ3n) is 2.93. The number of nitrogens with zero attached hydrogens (tertiary/aromatic N) is 1. The number of amides is 1. The Labute approximate surface area is 112 Å². The Morgan fingerprint density at radius 3 is 2.74 bits per heavy atom. The lowest BCUT2D eigenvalue weighted by atomic mass is 10.0. The van der Waals surface area contributed by atoms with E-state index in [4.69, 9.17) is 10.5 Å². The summed E-state index contributed by atoms with van der Waals surface area (Å²) in [4.78, 5) is 13.7. The van der Waals surface area contributed by atoms with E-state index in [0.29, 0.717) is 12.2 Å². The monoisotopic (exact) mass is 266 g/mol. The Balaban J connectivity index is 2.32. The zero-order valence-electron chi connectivity index (χ0n) is 11.5. The van der Waals surface area contributed by atoms with Crippen LogP contribution in [-0.2, 0) is 11.2 Å². The molecule has 1 aliphatic rings. The number of rotatable bonds is 0. The van der Waals surface area contributed by atoms with Crippen LogP contribution in [0, 0.1) is 5.82 Å². The van der Waals surface area contributed by atoms with Gasteiger partial charge in [-0.05, 0) is 51.3 Å². The molecule has 2 rings (SSSR count).